The second-order valence-corrected chi connectivity index (χ2v) is 11.0. The number of nitriles is 4. The van der Waals surface area contributed by atoms with E-state index in [9.17, 15) is 30.6 Å². The Hall–Kier alpha value is -6.20. The monoisotopic (exact) mass is 625 g/mol. The van der Waals surface area contributed by atoms with Crippen molar-refractivity contribution in [1.82, 2.24) is 0 Å². The van der Waals surface area contributed by atoms with E-state index in [-0.39, 0.29) is 36.3 Å². The van der Waals surface area contributed by atoms with Crippen LogP contribution >= 0.6 is 11.3 Å². The average molecular weight is 626 g/mol. The van der Waals surface area contributed by atoms with Gasteiger partial charge in [-0.25, -0.2) is 0 Å². The van der Waals surface area contributed by atoms with E-state index < -0.39 is 0 Å². The molecule has 0 bridgehead atoms. The summed E-state index contributed by atoms with van der Waals surface area (Å²) in [6.45, 7) is 4.00. The maximum atomic E-state index is 11.2. The maximum absolute atomic E-state index is 11.2. The Morgan fingerprint density at radius 2 is 1.22 bits per heavy atom. The fourth-order valence-corrected chi connectivity index (χ4v) is 5.77. The highest BCUT2D eigenvalue weighted by molar-refractivity contribution is 7.13. The molecule has 0 aliphatic heterocycles. The van der Waals surface area contributed by atoms with Gasteiger partial charge in [0.2, 0.25) is 0 Å². The molecule has 0 radical (unpaired) electrons. The van der Waals surface area contributed by atoms with Crippen molar-refractivity contribution in [3.63, 3.8) is 0 Å². The Morgan fingerprint density at radius 3 is 1.70 bits per heavy atom. The minimum absolute atomic E-state index is 0.0969. The molecule has 3 aromatic rings. The zero-order valence-electron chi connectivity index (χ0n) is 25.1. The molecule has 10 heteroatoms. The molecule has 0 atom stereocenters. The van der Waals surface area contributed by atoms with Gasteiger partial charge in [0.05, 0.1) is 13.1 Å². The lowest BCUT2D eigenvalue weighted by Gasteiger charge is -2.24. The van der Waals surface area contributed by atoms with E-state index in [1.807, 2.05) is 83.8 Å². The van der Waals surface area contributed by atoms with Gasteiger partial charge in [-0.1, -0.05) is 42.5 Å². The third-order valence-corrected chi connectivity index (χ3v) is 7.91. The van der Waals surface area contributed by atoms with Gasteiger partial charge in [0.25, 0.3) is 0 Å². The lowest BCUT2D eigenvalue weighted by molar-refractivity contribution is -0.141. The van der Waals surface area contributed by atoms with Crippen LogP contribution in [-0.2, 0) is 19.1 Å². The molecular weight excluding hydrogens is 598 g/mol. The van der Waals surface area contributed by atoms with E-state index in [2.05, 4.69) is 0 Å². The summed E-state index contributed by atoms with van der Waals surface area (Å²) in [4.78, 5) is 26.1. The van der Waals surface area contributed by atoms with Gasteiger partial charge >= 0.3 is 11.9 Å². The number of fused-ring (bicyclic) bond motifs is 1. The fourth-order valence-electron chi connectivity index (χ4n) is 4.91. The van der Waals surface area contributed by atoms with Gasteiger partial charge in [0.1, 0.15) is 48.6 Å². The summed E-state index contributed by atoms with van der Waals surface area (Å²) in [6, 6.07) is 26.6. The molecule has 1 aliphatic carbocycles. The summed E-state index contributed by atoms with van der Waals surface area (Å²) < 4.78 is 10.2. The van der Waals surface area contributed by atoms with Crippen molar-refractivity contribution in [2.75, 3.05) is 31.2 Å². The van der Waals surface area contributed by atoms with E-state index in [1.54, 1.807) is 24.3 Å². The number of nitrogens with zero attached hydrogens (tertiary/aromatic N) is 5. The van der Waals surface area contributed by atoms with Gasteiger partial charge in [-0.15, -0.1) is 11.3 Å². The summed E-state index contributed by atoms with van der Waals surface area (Å²) >= 11 is 1.48. The highest BCUT2D eigenvalue weighted by Gasteiger charge is 2.32. The van der Waals surface area contributed by atoms with Crippen LogP contribution in [0.2, 0.25) is 0 Å². The smallest absolute Gasteiger partial charge is 0.302 e. The molecule has 0 saturated carbocycles. The lowest BCUT2D eigenvalue weighted by atomic mass is 9.96. The van der Waals surface area contributed by atoms with Crippen LogP contribution in [0.4, 0.5) is 5.69 Å². The van der Waals surface area contributed by atoms with E-state index in [1.165, 1.54) is 25.2 Å². The number of carbonyl (C=O) groups excluding carboxylic acids is 2. The Balaban J connectivity index is 1.60. The number of ether oxygens (including phenoxy) is 2. The standard InChI is InChI=1S/C36H27N5O4S/c1-24(42)44-17-15-41(16-18-45-25(2)43)29-10-7-26(8-11-29)9-12-30-13-14-31(46-30)19-34-35(27(20-37)21-38)32-5-3-4-6-33(32)36(34)28(22-39)23-40/h3-14,19H,15-18H2,1-2H3/b12-9+. The van der Waals surface area contributed by atoms with Crippen LogP contribution in [0.3, 0.4) is 0 Å². The molecule has 1 aliphatic rings. The van der Waals surface area contributed by atoms with Crippen molar-refractivity contribution < 1.29 is 19.1 Å². The number of anilines is 1. The van der Waals surface area contributed by atoms with Gasteiger partial charge in [-0.05, 0) is 58.7 Å². The van der Waals surface area contributed by atoms with Gasteiger partial charge in [-0.2, -0.15) is 21.0 Å². The first kappa shape index (κ1) is 32.7. The van der Waals surface area contributed by atoms with Crippen LogP contribution in [0.25, 0.3) is 29.4 Å². The molecule has 1 aromatic heterocycles. The van der Waals surface area contributed by atoms with Crippen molar-refractivity contribution in [1.29, 1.82) is 21.0 Å². The predicted octanol–water partition coefficient (Wildman–Crippen LogP) is 6.55. The fraction of sp³-hybridized carbons (Fsp3) is 0.167. The second kappa shape index (κ2) is 15.5. The number of thiophene rings is 1. The van der Waals surface area contributed by atoms with Crippen LogP contribution in [0.15, 0.2) is 77.4 Å². The van der Waals surface area contributed by atoms with Crippen molar-refractivity contribution >= 4 is 58.3 Å². The third-order valence-electron chi connectivity index (χ3n) is 6.92. The van der Waals surface area contributed by atoms with Crippen molar-refractivity contribution in [3.05, 3.63) is 104 Å². The molecule has 0 saturated heterocycles. The number of hydrogen-bond donors (Lipinski definition) is 0. The number of allylic oxidation sites excluding steroid dienone is 5. The Labute approximate surface area is 271 Å². The molecule has 4 rings (SSSR count). The van der Waals surface area contributed by atoms with Gasteiger partial charge in [-0.3, -0.25) is 9.59 Å². The molecule has 1 heterocycles. The Kier molecular flexibility index (Phi) is 11.0. The number of rotatable bonds is 10. The third kappa shape index (κ3) is 7.84. The molecule has 46 heavy (non-hydrogen) atoms. The van der Waals surface area contributed by atoms with E-state index in [0.717, 1.165) is 21.0 Å². The summed E-state index contributed by atoms with van der Waals surface area (Å²) in [6.07, 6.45) is 5.73. The van der Waals surface area contributed by atoms with Gasteiger partial charge in [0, 0.05) is 40.4 Å². The van der Waals surface area contributed by atoms with Crippen LogP contribution in [-0.4, -0.2) is 38.2 Å². The van der Waals surface area contributed by atoms with E-state index in [0.29, 0.717) is 40.9 Å². The largest absolute Gasteiger partial charge is 0.464 e. The quantitative estimate of drug-likeness (QED) is 0.180. The molecule has 0 N–H and O–H groups in total. The van der Waals surface area contributed by atoms with Crippen LogP contribution in [0.1, 0.15) is 40.3 Å². The topological polar surface area (TPSA) is 151 Å². The maximum Gasteiger partial charge on any atom is 0.302 e. The number of hydrogen-bond acceptors (Lipinski definition) is 10. The number of esters is 2. The van der Waals surface area contributed by atoms with Crippen molar-refractivity contribution in [2.24, 2.45) is 0 Å². The molecule has 0 fully saturated rings. The normalized spacial score (nSPS) is 11.5. The average Bonchev–Trinajstić information content (AvgIpc) is 3.63. The zero-order chi connectivity index (χ0) is 33.1. The Bertz CT molecular complexity index is 1830. The highest BCUT2D eigenvalue weighted by atomic mass is 32.1. The highest BCUT2D eigenvalue weighted by Crippen LogP contribution is 2.48. The number of benzene rings is 2. The number of carbonyl (C=O) groups is 2. The molecule has 0 unspecified atom stereocenters. The molecule has 0 spiro atoms. The molecule has 0 amide bonds. The minimum atomic E-state index is -0.362. The molecular formula is C36H27N5O4S. The van der Waals surface area contributed by atoms with Gasteiger partial charge in [0.15, 0.2) is 0 Å². The van der Waals surface area contributed by atoms with Crippen LogP contribution in [0.5, 0.6) is 0 Å². The van der Waals surface area contributed by atoms with E-state index >= 15 is 0 Å². The minimum Gasteiger partial charge on any atom is -0.464 e. The van der Waals surface area contributed by atoms with Crippen LogP contribution < -0.4 is 4.90 Å². The van der Waals surface area contributed by atoms with Crippen molar-refractivity contribution in [2.45, 2.75) is 13.8 Å². The molecule has 9 nitrogen and oxygen atoms in total. The van der Waals surface area contributed by atoms with Gasteiger partial charge < -0.3 is 14.4 Å². The first-order valence-electron chi connectivity index (χ1n) is 14.1. The predicted molar refractivity (Wildman–Crippen MR) is 176 cm³/mol. The summed E-state index contributed by atoms with van der Waals surface area (Å²) in [5, 5.41) is 38.9. The Morgan fingerprint density at radius 1 is 0.717 bits per heavy atom. The first-order valence-corrected chi connectivity index (χ1v) is 14.9. The molecule has 2 aromatic carbocycles. The van der Waals surface area contributed by atoms with Crippen molar-refractivity contribution in [3.8, 4) is 24.3 Å². The summed E-state index contributed by atoms with van der Waals surface area (Å²) in [5.74, 6) is -0.725. The zero-order valence-corrected chi connectivity index (χ0v) is 25.9. The lowest BCUT2D eigenvalue weighted by Crippen LogP contribution is -2.31. The molecule has 226 valence electrons. The SMILES string of the molecule is CC(=O)OCCN(CCOC(C)=O)c1ccc(/C=C/c2ccc(C=C3C(=C(C#N)C#N)c4ccccc4C3=C(C#N)C#N)s2)cc1. The van der Waals surface area contributed by atoms with E-state index in [4.69, 9.17) is 9.47 Å². The van der Waals surface area contributed by atoms with Crippen LogP contribution in [0, 0.1) is 45.3 Å². The summed E-state index contributed by atoms with van der Waals surface area (Å²) in [7, 11) is 0. The first-order chi connectivity index (χ1) is 22.3. The summed E-state index contributed by atoms with van der Waals surface area (Å²) in [5.41, 5.74) is 4.17. The second-order valence-electron chi connectivity index (χ2n) is 9.88.